The van der Waals surface area contributed by atoms with Crippen LogP contribution in [0.3, 0.4) is 0 Å². The highest BCUT2D eigenvalue weighted by Crippen LogP contribution is 2.20. The first-order chi connectivity index (χ1) is 11.9. The van der Waals surface area contributed by atoms with Crippen molar-refractivity contribution in [3.8, 4) is 0 Å². The van der Waals surface area contributed by atoms with E-state index in [-0.39, 0.29) is 16.4 Å². The van der Waals surface area contributed by atoms with Crippen LogP contribution in [0.15, 0.2) is 62.6 Å². The highest BCUT2D eigenvalue weighted by Gasteiger charge is 2.17. The molecule has 132 valence electrons. The zero-order chi connectivity index (χ0) is 18.0. The average molecular weight is 360 g/mol. The summed E-state index contributed by atoms with van der Waals surface area (Å²) in [5, 5.41) is 0. The van der Waals surface area contributed by atoms with E-state index in [1.165, 1.54) is 22.3 Å². The van der Waals surface area contributed by atoms with Crippen LogP contribution < -0.4 is 10.5 Å². The minimum Gasteiger partial charge on any atom is -0.408 e. The standard InChI is InChI=1S/C18H20N2O4S/c1-13(14-6-4-3-5-7-14)10-11-19-25(22,23)15-8-9-16-17(12-15)24-18(21)20(16)2/h3-9,12-13,19H,10-11H2,1-2H3. The van der Waals surface area contributed by atoms with Crippen molar-refractivity contribution in [2.24, 2.45) is 7.05 Å². The summed E-state index contributed by atoms with van der Waals surface area (Å²) in [6.07, 6.45) is 0.686. The lowest BCUT2D eigenvalue weighted by molar-refractivity contribution is 0.527. The van der Waals surface area contributed by atoms with Gasteiger partial charge in [-0.3, -0.25) is 4.57 Å². The Bertz CT molecular complexity index is 1040. The first-order valence-corrected chi connectivity index (χ1v) is 9.51. The Morgan fingerprint density at radius 3 is 2.60 bits per heavy atom. The van der Waals surface area contributed by atoms with Crippen LogP contribution in [-0.2, 0) is 17.1 Å². The van der Waals surface area contributed by atoms with Crippen LogP contribution in [0.2, 0.25) is 0 Å². The summed E-state index contributed by atoms with van der Waals surface area (Å²) in [6, 6.07) is 14.4. The van der Waals surface area contributed by atoms with E-state index in [1.807, 2.05) is 30.3 Å². The van der Waals surface area contributed by atoms with Crippen molar-refractivity contribution in [1.82, 2.24) is 9.29 Å². The smallest absolute Gasteiger partial charge is 0.408 e. The second kappa shape index (κ2) is 6.85. The molecule has 6 nitrogen and oxygen atoms in total. The molecule has 0 radical (unpaired) electrons. The summed E-state index contributed by atoms with van der Waals surface area (Å²) >= 11 is 0. The molecule has 25 heavy (non-hydrogen) atoms. The van der Waals surface area contributed by atoms with Gasteiger partial charge in [-0.2, -0.15) is 0 Å². The molecule has 3 rings (SSSR count). The van der Waals surface area contributed by atoms with Gasteiger partial charge in [0.15, 0.2) is 5.58 Å². The van der Waals surface area contributed by atoms with Crippen molar-refractivity contribution in [1.29, 1.82) is 0 Å². The Labute approximate surface area is 146 Å². The molecule has 1 unspecified atom stereocenters. The Morgan fingerprint density at radius 1 is 1.16 bits per heavy atom. The average Bonchev–Trinajstić information content (AvgIpc) is 2.89. The fraction of sp³-hybridized carbons (Fsp3) is 0.278. The predicted octanol–water partition coefficient (Wildman–Crippen LogP) is 2.60. The zero-order valence-electron chi connectivity index (χ0n) is 14.1. The largest absolute Gasteiger partial charge is 0.419 e. The third-order valence-electron chi connectivity index (χ3n) is 4.31. The van der Waals surface area contributed by atoms with Crippen LogP contribution in [0.25, 0.3) is 11.1 Å². The topological polar surface area (TPSA) is 81.3 Å². The fourth-order valence-electron chi connectivity index (χ4n) is 2.72. The molecule has 0 aliphatic heterocycles. The van der Waals surface area contributed by atoms with Gasteiger partial charge in [-0.05, 0) is 30.0 Å². The van der Waals surface area contributed by atoms with Crippen LogP contribution in [0.4, 0.5) is 0 Å². The number of nitrogens with one attached hydrogen (secondary N) is 1. The summed E-state index contributed by atoms with van der Waals surface area (Å²) in [7, 11) is -2.08. The molecule has 0 aliphatic carbocycles. The zero-order valence-corrected chi connectivity index (χ0v) is 14.9. The van der Waals surface area contributed by atoms with Crippen molar-refractivity contribution in [3.05, 3.63) is 64.6 Å². The number of benzene rings is 2. The maximum Gasteiger partial charge on any atom is 0.419 e. The summed E-state index contributed by atoms with van der Waals surface area (Å²) < 4.78 is 33.9. The highest BCUT2D eigenvalue weighted by atomic mass is 32.2. The first-order valence-electron chi connectivity index (χ1n) is 8.02. The van der Waals surface area contributed by atoms with E-state index in [2.05, 4.69) is 11.6 Å². The van der Waals surface area contributed by atoms with Gasteiger partial charge in [-0.25, -0.2) is 17.9 Å². The molecular weight excluding hydrogens is 340 g/mol. The van der Waals surface area contributed by atoms with Crippen molar-refractivity contribution in [3.63, 3.8) is 0 Å². The highest BCUT2D eigenvalue weighted by molar-refractivity contribution is 7.89. The van der Waals surface area contributed by atoms with Gasteiger partial charge in [-0.1, -0.05) is 37.3 Å². The SMILES string of the molecule is CC(CCNS(=O)(=O)c1ccc2c(c1)oc(=O)n2C)c1ccccc1. The Kier molecular flexibility index (Phi) is 4.78. The molecule has 1 atom stereocenters. The monoisotopic (exact) mass is 360 g/mol. The number of rotatable bonds is 6. The van der Waals surface area contributed by atoms with E-state index in [9.17, 15) is 13.2 Å². The van der Waals surface area contributed by atoms with Crippen molar-refractivity contribution in [2.45, 2.75) is 24.2 Å². The molecule has 7 heteroatoms. The van der Waals surface area contributed by atoms with E-state index in [1.54, 1.807) is 13.1 Å². The second-order valence-electron chi connectivity index (χ2n) is 6.05. The van der Waals surface area contributed by atoms with Gasteiger partial charge in [0, 0.05) is 19.7 Å². The molecule has 0 saturated heterocycles. The van der Waals surface area contributed by atoms with E-state index < -0.39 is 15.8 Å². The van der Waals surface area contributed by atoms with Gasteiger partial charge in [0.1, 0.15) is 0 Å². The lowest BCUT2D eigenvalue weighted by atomic mass is 9.98. The molecule has 0 amide bonds. The molecule has 0 aliphatic rings. The van der Waals surface area contributed by atoms with Crippen molar-refractivity contribution >= 4 is 21.1 Å². The van der Waals surface area contributed by atoms with Gasteiger partial charge in [-0.15, -0.1) is 0 Å². The number of hydrogen-bond donors (Lipinski definition) is 1. The molecular formula is C18H20N2O4S. The Morgan fingerprint density at radius 2 is 1.88 bits per heavy atom. The molecule has 2 aromatic carbocycles. The van der Waals surface area contributed by atoms with Crippen molar-refractivity contribution < 1.29 is 12.8 Å². The summed E-state index contributed by atoms with van der Waals surface area (Å²) in [5.74, 6) is -0.271. The first kappa shape index (κ1) is 17.4. The van der Waals surface area contributed by atoms with Crippen LogP contribution >= 0.6 is 0 Å². The summed E-state index contributed by atoms with van der Waals surface area (Å²) in [4.78, 5) is 11.6. The molecule has 1 heterocycles. The fourth-order valence-corrected chi connectivity index (χ4v) is 3.79. The molecule has 0 saturated carbocycles. The minimum atomic E-state index is -3.65. The second-order valence-corrected chi connectivity index (χ2v) is 7.82. The lowest BCUT2D eigenvalue weighted by Gasteiger charge is -2.12. The number of hydrogen-bond acceptors (Lipinski definition) is 4. The molecule has 0 bridgehead atoms. The Balaban J connectivity index is 1.70. The van der Waals surface area contributed by atoms with Crippen LogP contribution in [0.1, 0.15) is 24.8 Å². The van der Waals surface area contributed by atoms with E-state index in [0.29, 0.717) is 18.5 Å². The van der Waals surface area contributed by atoms with Gasteiger partial charge >= 0.3 is 5.76 Å². The number of sulfonamides is 1. The van der Waals surface area contributed by atoms with Gasteiger partial charge < -0.3 is 4.42 Å². The van der Waals surface area contributed by atoms with E-state index in [0.717, 1.165) is 0 Å². The molecule has 0 fully saturated rings. The van der Waals surface area contributed by atoms with Gasteiger partial charge in [0.2, 0.25) is 10.0 Å². The van der Waals surface area contributed by atoms with Crippen LogP contribution in [0, 0.1) is 0 Å². The quantitative estimate of drug-likeness (QED) is 0.733. The normalized spacial score (nSPS) is 13.2. The molecule has 3 aromatic rings. The predicted molar refractivity (Wildman–Crippen MR) is 96.1 cm³/mol. The molecule has 1 N–H and O–H groups in total. The number of aryl methyl sites for hydroxylation is 1. The summed E-state index contributed by atoms with van der Waals surface area (Å²) in [6.45, 7) is 2.39. The third-order valence-corrected chi connectivity index (χ3v) is 5.77. The van der Waals surface area contributed by atoms with Crippen molar-refractivity contribution in [2.75, 3.05) is 6.54 Å². The van der Waals surface area contributed by atoms with Crippen LogP contribution in [0.5, 0.6) is 0 Å². The number of oxazole rings is 1. The molecule has 0 spiro atoms. The van der Waals surface area contributed by atoms with Gasteiger partial charge in [0.25, 0.3) is 0 Å². The third kappa shape index (κ3) is 3.67. The number of aromatic nitrogens is 1. The maximum atomic E-state index is 12.4. The van der Waals surface area contributed by atoms with Gasteiger partial charge in [0.05, 0.1) is 10.4 Å². The van der Waals surface area contributed by atoms with E-state index in [4.69, 9.17) is 4.42 Å². The Hall–Kier alpha value is -2.38. The lowest BCUT2D eigenvalue weighted by Crippen LogP contribution is -2.25. The van der Waals surface area contributed by atoms with Crippen LogP contribution in [-0.4, -0.2) is 19.5 Å². The minimum absolute atomic E-state index is 0.0849. The maximum absolute atomic E-state index is 12.4. The molecule has 1 aromatic heterocycles. The number of fused-ring (bicyclic) bond motifs is 1. The van der Waals surface area contributed by atoms with E-state index >= 15 is 0 Å². The summed E-state index contributed by atoms with van der Waals surface area (Å²) in [5.41, 5.74) is 1.99. The number of nitrogens with zero attached hydrogens (tertiary/aromatic N) is 1.